The van der Waals surface area contributed by atoms with Crippen LogP contribution in [0.5, 0.6) is 11.5 Å². The summed E-state index contributed by atoms with van der Waals surface area (Å²) >= 11 is 0. The van der Waals surface area contributed by atoms with E-state index in [0.717, 1.165) is 10.6 Å². The van der Waals surface area contributed by atoms with Crippen LogP contribution in [0.1, 0.15) is 47.2 Å². The van der Waals surface area contributed by atoms with Crippen LogP contribution in [0.15, 0.2) is 35.5 Å². The molecule has 0 aliphatic heterocycles. The molecule has 1 heterocycles. The van der Waals surface area contributed by atoms with Crippen LogP contribution < -0.4 is 15.2 Å². The van der Waals surface area contributed by atoms with Crippen molar-refractivity contribution >= 4 is 18.1 Å². The lowest BCUT2D eigenvalue weighted by atomic mass is 10.2. The van der Waals surface area contributed by atoms with Crippen molar-refractivity contribution in [2.75, 3.05) is 13.7 Å². The van der Waals surface area contributed by atoms with Crippen LogP contribution in [0.25, 0.3) is 0 Å². The number of benzene rings is 1. The van der Waals surface area contributed by atoms with Gasteiger partial charge in [-0.15, -0.1) is 10.1 Å². The molecule has 2 amide bonds. The largest absolute Gasteiger partial charge is 0.497 e. The van der Waals surface area contributed by atoms with Crippen molar-refractivity contribution in [2.45, 2.75) is 65.9 Å². The molecule has 0 atom stereocenters. The number of rotatable bonds is 7. The van der Waals surface area contributed by atoms with E-state index in [4.69, 9.17) is 24.7 Å². The average Bonchev–Trinajstić information content (AvgIpc) is 3.17. The normalized spacial score (nSPS) is 12.1. The Morgan fingerprint density at radius 3 is 2.20 bits per heavy atom. The topological polar surface area (TPSA) is 143 Å². The zero-order valence-electron chi connectivity index (χ0n) is 21.3. The number of methoxy groups -OCH3 is 1. The molecule has 1 aromatic heterocycles. The van der Waals surface area contributed by atoms with Gasteiger partial charge in [-0.2, -0.15) is 0 Å². The first-order chi connectivity index (χ1) is 16.3. The Bertz CT molecular complexity index is 1020. The maximum atomic E-state index is 12.7. The van der Waals surface area contributed by atoms with E-state index in [9.17, 15) is 9.59 Å². The van der Waals surface area contributed by atoms with E-state index in [0.29, 0.717) is 11.4 Å². The number of guanidine groups is 1. The first-order valence-electron chi connectivity index (χ1n) is 11.0. The highest BCUT2D eigenvalue weighted by molar-refractivity contribution is 5.98. The fourth-order valence-corrected chi connectivity index (χ4v) is 2.60. The van der Waals surface area contributed by atoms with Gasteiger partial charge in [0.15, 0.2) is 0 Å². The Morgan fingerprint density at radius 2 is 1.63 bits per heavy atom. The molecular weight excluding hydrogens is 456 g/mol. The number of ether oxygens (including phenoxy) is 4. The molecule has 0 aliphatic carbocycles. The summed E-state index contributed by atoms with van der Waals surface area (Å²) in [5.74, 6) is 1.03. The first kappa shape index (κ1) is 27.4. The minimum atomic E-state index is -0.915. The van der Waals surface area contributed by atoms with Crippen LogP contribution in [0, 0.1) is 0 Å². The molecule has 0 spiro atoms. The number of nitrogens with two attached hydrogens (primary N) is 1. The smallest absolute Gasteiger partial charge is 0.437 e. The molecule has 0 saturated carbocycles. The van der Waals surface area contributed by atoms with Crippen LogP contribution in [0.4, 0.5) is 9.59 Å². The van der Waals surface area contributed by atoms with Gasteiger partial charge in [0.05, 0.1) is 26.4 Å². The summed E-state index contributed by atoms with van der Waals surface area (Å²) in [6.45, 7) is 10.7. The summed E-state index contributed by atoms with van der Waals surface area (Å²) in [6.07, 6.45) is 0.00520. The Hall–Kier alpha value is -3.83. The zero-order chi connectivity index (χ0) is 26.2. The molecule has 0 fully saturated rings. The van der Waals surface area contributed by atoms with Gasteiger partial charge in [-0.25, -0.2) is 14.5 Å². The molecule has 12 nitrogen and oxygen atoms in total. The summed E-state index contributed by atoms with van der Waals surface area (Å²) in [7, 11) is 1.59. The Labute approximate surface area is 205 Å². The van der Waals surface area contributed by atoms with Crippen LogP contribution in [-0.2, 0) is 22.6 Å². The third kappa shape index (κ3) is 9.90. The zero-order valence-corrected chi connectivity index (χ0v) is 21.3. The van der Waals surface area contributed by atoms with E-state index in [1.165, 1.54) is 4.68 Å². The maximum absolute atomic E-state index is 12.7. The number of nitrogens with zero attached hydrogens (tertiary/aromatic N) is 5. The second-order valence-corrected chi connectivity index (χ2v) is 9.52. The number of carbonyl (C=O) groups is 2. The van der Waals surface area contributed by atoms with Gasteiger partial charge < -0.3 is 24.7 Å². The molecule has 2 rings (SSSR count). The van der Waals surface area contributed by atoms with Gasteiger partial charge in [-0.05, 0) is 65.8 Å². The van der Waals surface area contributed by atoms with Crippen LogP contribution >= 0.6 is 0 Å². The molecule has 0 aliphatic rings. The summed E-state index contributed by atoms with van der Waals surface area (Å²) in [5.41, 5.74) is 5.00. The first-order valence-corrected chi connectivity index (χ1v) is 11.0. The van der Waals surface area contributed by atoms with E-state index in [2.05, 4.69) is 15.3 Å². The molecule has 0 saturated heterocycles. The molecule has 0 radical (unpaired) electrons. The van der Waals surface area contributed by atoms with Crippen LogP contribution in [0.3, 0.4) is 0 Å². The molecule has 192 valence electrons. The number of hydrogen-bond acceptors (Lipinski definition) is 8. The van der Waals surface area contributed by atoms with Crippen molar-refractivity contribution in [3.8, 4) is 11.5 Å². The number of hydrogen-bond donors (Lipinski definition) is 1. The fourth-order valence-electron chi connectivity index (χ4n) is 2.60. The second-order valence-electron chi connectivity index (χ2n) is 9.52. The van der Waals surface area contributed by atoms with E-state index in [1.807, 2.05) is 0 Å². The molecule has 0 bridgehead atoms. The van der Waals surface area contributed by atoms with Crippen molar-refractivity contribution < 1.29 is 28.5 Å². The number of aromatic nitrogens is 3. The predicted octanol–water partition coefficient (Wildman–Crippen LogP) is 3.35. The number of aliphatic imine (C=N–C) groups is 1. The summed E-state index contributed by atoms with van der Waals surface area (Å²) in [6, 6.07) is 7.16. The van der Waals surface area contributed by atoms with Crippen molar-refractivity contribution in [3.05, 3.63) is 36.2 Å². The standard InChI is InChI=1S/C23H34N6O6/c1-22(2,3)34-20(30)25-19(24)29(21(31)35-23(4,5)6)13-12-28-14-16(26-27-28)15-33-18-10-8-17(32-7)9-11-18/h8-11,14H,12-13,15H2,1-7H3,(H2,24,25,30). The fraction of sp³-hybridized carbons (Fsp3) is 0.522. The monoisotopic (exact) mass is 490 g/mol. The average molecular weight is 491 g/mol. The van der Waals surface area contributed by atoms with Crippen molar-refractivity contribution in [1.82, 2.24) is 19.9 Å². The van der Waals surface area contributed by atoms with E-state index in [-0.39, 0.29) is 25.7 Å². The van der Waals surface area contributed by atoms with Crippen LogP contribution in [-0.4, -0.2) is 62.9 Å². The minimum Gasteiger partial charge on any atom is -0.497 e. The quantitative estimate of drug-likeness (QED) is 0.456. The lowest BCUT2D eigenvalue weighted by molar-refractivity contribution is 0.0361. The van der Waals surface area contributed by atoms with Gasteiger partial charge in [0.25, 0.3) is 0 Å². The van der Waals surface area contributed by atoms with Crippen molar-refractivity contribution in [2.24, 2.45) is 10.7 Å². The van der Waals surface area contributed by atoms with Gasteiger partial charge in [-0.1, -0.05) is 5.21 Å². The maximum Gasteiger partial charge on any atom is 0.437 e. The molecule has 0 unspecified atom stereocenters. The van der Waals surface area contributed by atoms with Gasteiger partial charge >= 0.3 is 12.2 Å². The highest BCUT2D eigenvalue weighted by Gasteiger charge is 2.26. The lowest BCUT2D eigenvalue weighted by Gasteiger charge is -2.26. The second kappa shape index (κ2) is 11.5. The number of amides is 2. The van der Waals surface area contributed by atoms with Gasteiger partial charge in [0.2, 0.25) is 5.96 Å². The minimum absolute atomic E-state index is 0.0230. The molecule has 2 N–H and O–H groups in total. The number of carbonyl (C=O) groups excluding carboxylic acids is 2. The molecule has 12 heteroatoms. The Balaban J connectivity index is 2.04. The molecule has 2 aromatic rings. The lowest BCUT2D eigenvalue weighted by Crippen LogP contribution is -2.46. The Morgan fingerprint density at radius 1 is 1.03 bits per heavy atom. The molecular formula is C23H34N6O6. The third-order valence-electron chi connectivity index (χ3n) is 4.07. The Kier molecular flexibility index (Phi) is 9.04. The third-order valence-corrected chi connectivity index (χ3v) is 4.07. The van der Waals surface area contributed by atoms with Gasteiger partial charge in [0.1, 0.15) is 35.0 Å². The van der Waals surface area contributed by atoms with Crippen molar-refractivity contribution in [3.63, 3.8) is 0 Å². The van der Waals surface area contributed by atoms with Gasteiger partial charge in [-0.3, -0.25) is 4.68 Å². The summed E-state index contributed by atoms with van der Waals surface area (Å²) in [5, 5.41) is 8.12. The highest BCUT2D eigenvalue weighted by atomic mass is 16.6. The predicted molar refractivity (Wildman–Crippen MR) is 128 cm³/mol. The van der Waals surface area contributed by atoms with E-state index < -0.39 is 23.4 Å². The molecule has 35 heavy (non-hydrogen) atoms. The van der Waals surface area contributed by atoms with Gasteiger partial charge in [0, 0.05) is 0 Å². The summed E-state index contributed by atoms with van der Waals surface area (Å²) < 4.78 is 22.9. The van der Waals surface area contributed by atoms with E-state index in [1.54, 1.807) is 79.1 Å². The van der Waals surface area contributed by atoms with Crippen LogP contribution in [0.2, 0.25) is 0 Å². The SMILES string of the molecule is COc1ccc(OCc2cn(CCN(C(=O)OC(C)(C)C)C(N)=NC(=O)OC(C)(C)C)nn2)cc1. The molecule has 1 aromatic carbocycles. The van der Waals surface area contributed by atoms with Crippen molar-refractivity contribution in [1.29, 1.82) is 0 Å². The van der Waals surface area contributed by atoms with E-state index >= 15 is 0 Å². The highest BCUT2D eigenvalue weighted by Crippen LogP contribution is 2.18. The summed E-state index contributed by atoms with van der Waals surface area (Å²) in [4.78, 5) is 29.5.